The van der Waals surface area contributed by atoms with E-state index in [4.69, 9.17) is 0 Å². The van der Waals surface area contributed by atoms with E-state index in [9.17, 15) is 24.0 Å². The van der Waals surface area contributed by atoms with Gasteiger partial charge < -0.3 is 21.3 Å². The van der Waals surface area contributed by atoms with Crippen molar-refractivity contribution >= 4 is 29.4 Å². The van der Waals surface area contributed by atoms with Gasteiger partial charge in [-0.25, -0.2) is 0 Å². The van der Waals surface area contributed by atoms with Gasteiger partial charge in [-0.2, -0.15) is 0 Å². The molecule has 1 unspecified atom stereocenters. The Kier molecular flexibility index (Phi) is 28.5. The Morgan fingerprint density at radius 3 is 1.57 bits per heavy atom. The molecule has 0 bridgehead atoms. The maximum absolute atomic E-state index is 13.5. The lowest BCUT2D eigenvalue weighted by molar-refractivity contribution is -0.128. The van der Waals surface area contributed by atoms with Crippen molar-refractivity contribution in [1.82, 2.24) is 21.3 Å². The molecule has 0 heterocycles. The Morgan fingerprint density at radius 1 is 0.565 bits per heavy atom. The molecule has 0 radical (unpaired) electrons. The van der Waals surface area contributed by atoms with Crippen molar-refractivity contribution in [3.05, 3.63) is 117 Å². The van der Waals surface area contributed by atoms with Gasteiger partial charge in [0.25, 0.3) is 0 Å². The van der Waals surface area contributed by atoms with Gasteiger partial charge in [0.15, 0.2) is 5.78 Å². The molecule has 69 heavy (non-hydrogen) atoms. The molecule has 0 fully saturated rings. The zero-order chi connectivity index (χ0) is 51.2. The molecule has 2 rings (SSSR count). The number of unbranched alkanes of at least 4 members (excludes halogenated alkanes) is 3. The lowest BCUT2D eigenvalue weighted by Gasteiger charge is -2.33. The summed E-state index contributed by atoms with van der Waals surface area (Å²) in [6, 6.07) is 0. The van der Waals surface area contributed by atoms with E-state index >= 15 is 0 Å². The summed E-state index contributed by atoms with van der Waals surface area (Å²) < 4.78 is 0. The lowest BCUT2D eigenvalue weighted by atomic mass is 9.72. The molecule has 4 N–H and O–H groups in total. The van der Waals surface area contributed by atoms with E-state index in [1.165, 1.54) is 54.4 Å². The molecular weight excluding hydrogens is 857 g/mol. The molecular formula is C60H92N4O5. The molecule has 0 saturated heterocycles. The molecule has 0 spiro atoms. The summed E-state index contributed by atoms with van der Waals surface area (Å²) in [5.74, 6) is -0.971. The molecule has 0 aliphatic heterocycles. The molecule has 382 valence electrons. The summed E-state index contributed by atoms with van der Waals surface area (Å²) in [7, 11) is 0. The zero-order valence-electron chi connectivity index (χ0n) is 44.9. The Bertz CT molecular complexity index is 2030. The molecule has 2 aliphatic rings. The van der Waals surface area contributed by atoms with Gasteiger partial charge in [0.05, 0.1) is 0 Å². The Morgan fingerprint density at radius 2 is 1.04 bits per heavy atom. The average molecular weight is 949 g/mol. The van der Waals surface area contributed by atoms with Crippen molar-refractivity contribution in [2.45, 2.75) is 185 Å². The highest BCUT2D eigenvalue weighted by molar-refractivity contribution is 5.94. The fourth-order valence-electron chi connectivity index (χ4n) is 9.09. The van der Waals surface area contributed by atoms with Crippen molar-refractivity contribution in [3.63, 3.8) is 0 Å². The van der Waals surface area contributed by atoms with Crippen LogP contribution in [0.2, 0.25) is 0 Å². The van der Waals surface area contributed by atoms with Crippen molar-refractivity contribution in [3.8, 4) is 0 Å². The van der Waals surface area contributed by atoms with Crippen molar-refractivity contribution < 1.29 is 24.0 Å². The maximum atomic E-state index is 13.5. The number of hydrogen-bond donors (Lipinski definition) is 4. The fourth-order valence-corrected chi connectivity index (χ4v) is 9.09. The van der Waals surface area contributed by atoms with Crippen LogP contribution in [0.15, 0.2) is 117 Å². The smallest absolute Gasteiger partial charge is 0.244 e. The minimum absolute atomic E-state index is 0.0210. The first-order chi connectivity index (χ1) is 32.7. The van der Waals surface area contributed by atoms with Crippen LogP contribution in [-0.2, 0) is 24.0 Å². The first-order valence-corrected chi connectivity index (χ1v) is 26.2. The van der Waals surface area contributed by atoms with Crippen LogP contribution in [0, 0.1) is 16.7 Å². The Labute approximate surface area is 418 Å². The highest BCUT2D eigenvalue weighted by Gasteiger charge is 2.27. The van der Waals surface area contributed by atoms with E-state index in [1.807, 2.05) is 51.2 Å². The van der Waals surface area contributed by atoms with E-state index in [1.54, 1.807) is 12.2 Å². The maximum Gasteiger partial charge on any atom is 0.244 e. The van der Waals surface area contributed by atoms with Gasteiger partial charge in [0, 0.05) is 57.4 Å². The standard InChI is InChI=1S/C60H92N4O5/c1-12-38-61-55(66)30-20-31-56(67)62-39-15-13-16-41-64-58(69)51(44-52(65)42-47(4)25-18-23-45(2)32-34-53-49(6)27-21-36-59(53,8)9)29-14-17-40-63-57(68)43-48(5)26-19-24-46(3)33-35-54-50(7)28-22-37-60(54,10)11/h18-19,23-26,32-35,42-43,51H,12-17,20-22,27-31,36-41,44H2,1-11H3,(H,61,66)(H,62,67)(H,63,68)(H,64,69)/b25-18+,26-19+,34-32+,35-33+,45-23+,46-24+,47-42+,48-43+. The van der Waals surface area contributed by atoms with Gasteiger partial charge in [-0.1, -0.05) is 124 Å². The fraction of sp³-hybridized carbons (Fsp3) is 0.583. The van der Waals surface area contributed by atoms with Crippen LogP contribution < -0.4 is 21.3 Å². The molecule has 0 aromatic carbocycles. The Balaban J connectivity index is 1.94. The van der Waals surface area contributed by atoms with Crippen LogP contribution in [0.1, 0.15) is 185 Å². The number of carbonyl (C=O) groups is 5. The minimum Gasteiger partial charge on any atom is -0.356 e. The van der Waals surface area contributed by atoms with Crippen LogP contribution in [0.25, 0.3) is 0 Å². The summed E-state index contributed by atoms with van der Waals surface area (Å²) >= 11 is 0. The lowest BCUT2D eigenvalue weighted by Crippen LogP contribution is -2.33. The van der Waals surface area contributed by atoms with Crippen LogP contribution in [0.3, 0.4) is 0 Å². The van der Waals surface area contributed by atoms with Gasteiger partial charge in [0.2, 0.25) is 23.6 Å². The molecule has 0 aromatic rings. The monoisotopic (exact) mass is 949 g/mol. The third-order valence-corrected chi connectivity index (χ3v) is 13.2. The molecule has 2 aliphatic carbocycles. The SMILES string of the molecule is CCCNC(=O)CCCC(=O)NCCCCCNC(=O)C(CCCCNC(=O)/C=C(C)/C=C/C=C(C)/C=C/C1=C(C)CCCC1(C)C)CC(=O)/C=C(C)/C=C/C=C(C)/C=C/C1=C(C)CCCC1(C)C. The molecule has 0 saturated carbocycles. The first kappa shape index (κ1) is 60.1. The number of carbonyl (C=O) groups excluding carboxylic acids is 5. The van der Waals surface area contributed by atoms with E-state index in [0.717, 1.165) is 54.4 Å². The van der Waals surface area contributed by atoms with E-state index in [0.29, 0.717) is 64.7 Å². The molecule has 4 amide bonds. The van der Waals surface area contributed by atoms with Crippen molar-refractivity contribution in [1.29, 1.82) is 0 Å². The number of hydrogen-bond acceptors (Lipinski definition) is 5. The second kappa shape index (κ2) is 32.7. The van der Waals surface area contributed by atoms with Gasteiger partial charge in [-0.15, -0.1) is 0 Å². The van der Waals surface area contributed by atoms with Gasteiger partial charge >= 0.3 is 0 Å². The molecule has 0 aromatic heterocycles. The predicted molar refractivity (Wildman–Crippen MR) is 289 cm³/mol. The summed E-state index contributed by atoms with van der Waals surface area (Å²) in [6.45, 7) is 25.9. The first-order valence-electron chi connectivity index (χ1n) is 26.2. The summed E-state index contributed by atoms with van der Waals surface area (Å²) in [4.78, 5) is 63.5. The summed E-state index contributed by atoms with van der Waals surface area (Å²) in [6.07, 6.45) is 37.6. The number of amides is 4. The Hall–Kier alpha value is -5.05. The van der Waals surface area contributed by atoms with Crippen molar-refractivity contribution in [2.75, 3.05) is 26.2 Å². The highest BCUT2D eigenvalue weighted by atomic mass is 16.2. The van der Waals surface area contributed by atoms with Crippen LogP contribution >= 0.6 is 0 Å². The van der Waals surface area contributed by atoms with Gasteiger partial charge in [-0.3, -0.25) is 24.0 Å². The zero-order valence-corrected chi connectivity index (χ0v) is 44.9. The highest BCUT2D eigenvalue weighted by Crippen LogP contribution is 2.42. The van der Waals surface area contributed by atoms with Crippen LogP contribution in [-0.4, -0.2) is 55.6 Å². The minimum atomic E-state index is -0.493. The molecule has 9 nitrogen and oxygen atoms in total. The number of rotatable bonds is 30. The summed E-state index contributed by atoms with van der Waals surface area (Å²) in [5, 5.41) is 11.8. The van der Waals surface area contributed by atoms with Crippen molar-refractivity contribution in [2.24, 2.45) is 16.7 Å². The largest absolute Gasteiger partial charge is 0.356 e. The second-order valence-electron chi connectivity index (χ2n) is 20.9. The number of allylic oxidation sites excluding steroid dienone is 19. The van der Waals surface area contributed by atoms with E-state index < -0.39 is 5.92 Å². The molecule has 9 heteroatoms. The van der Waals surface area contributed by atoms with Crippen LogP contribution in [0.5, 0.6) is 0 Å². The van der Waals surface area contributed by atoms with E-state index in [2.05, 4.69) is 107 Å². The second-order valence-corrected chi connectivity index (χ2v) is 20.9. The van der Waals surface area contributed by atoms with Crippen LogP contribution in [0.4, 0.5) is 0 Å². The third kappa shape index (κ3) is 25.9. The number of ketones is 1. The summed E-state index contributed by atoms with van der Waals surface area (Å²) in [5.41, 5.74) is 10.1. The average Bonchev–Trinajstić information content (AvgIpc) is 3.26. The van der Waals surface area contributed by atoms with E-state index in [-0.39, 0.29) is 46.7 Å². The number of nitrogens with one attached hydrogen (secondary N) is 4. The topological polar surface area (TPSA) is 133 Å². The van der Waals surface area contributed by atoms with Gasteiger partial charge in [-0.05, 0) is 164 Å². The third-order valence-electron chi connectivity index (χ3n) is 13.2. The quantitative estimate of drug-likeness (QED) is 0.0323. The normalized spacial score (nSPS) is 17.6. The predicted octanol–water partition coefficient (Wildman–Crippen LogP) is 13.0. The molecule has 1 atom stereocenters. The van der Waals surface area contributed by atoms with Gasteiger partial charge in [0.1, 0.15) is 0 Å².